The first-order chi connectivity index (χ1) is 42.5. The molecule has 0 spiro atoms. The maximum Gasteiger partial charge on any atom is 0.0547 e. The molecule has 14 aromatic carbocycles. The Morgan fingerprint density at radius 2 is 0.767 bits per heavy atom. The van der Waals surface area contributed by atoms with Gasteiger partial charge in [-0.25, -0.2) is 0 Å². The van der Waals surface area contributed by atoms with Gasteiger partial charge in [0, 0.05) is 74.8 Å². The van der Waals surface area contributed by atoms with E-state index < -0.39 is 0 Å². The van der Waals surface area contributed by atoms with Crippen molar-refractivity contribution in [1.29, 1.82) is 0 Å². The van der Waals surface area contributed by atoms with E-state index >= 15 is 0 Å². The molecule has 0 saturated heterocycles. The van der Waals surface area contributed by atoms with Crippen molar-refractivity contribution in [2.75, 3.05) is 16.8 Å². The summed E-state index contributed by atoms with van der Waals surface area (Å²) < 4.78 is 4.94. The minimum absolute atomic E-state index is 0.716. The van der Waals surface area contributed by atoms with Crippen LogP contribution in [0.3, 0.4) is 0 Å². The molecule has 0 atom stereocenters. The number of anilines is 5. The zero-order chi connectivity index (χ0) is 57.1. The fourth-order valence-electron chi connectivity index (χ4n) is 13.2. The molecule has 0 radical (unpaired) electrons. The maximum absolute atomic E-state index is 2.51. The normalized spacial score (nSPS) is 11.6. The second-order valence-corrected chi connectivity index (χ2v) is 22.6. The van der Waals surface area contributed by atoms with Crippen LogP contribution in [0.1, 0.15) is 5.56 Å². The van der Waals surface area contributed by atoms with E-state index in [-0.39, 0.29) is 0 Å². The number of aromatic nitrogens is 2. The van der Waals surface area contributed by atoms with Gasteiger partial charge in [0.05, 0.1) is 16.6 Å². The standard InChI is InChI=1S/C82H58N4/c1-83(68-42-38-60(39-43-68)59-34-36-61(37-35-59)67-41-45-79-75(52-67)76-51-65-24-11-12-25-66(65)53-81(76)86(79)72-32-17-27-64(50-72)58-21-7-3-8-22-58)70-30-15-18-56(48-70)55-84-78-47-44-73(54-77(78)82-74-33-14-13-23-62(74)40-46-80(82)84)85(69-28-9-4-10-29-69)71-31-16-26-63(49-71)57-19-5-2-6-20-57/h2-54H,55H2,1H3. The minimum Gasteiger partial charge on any atom is -0.345 e. The molecule has 0 bridgehead atoms. The number of rotatable bonds is 12. The Morgan fingerprint density at radius 3 is 1.51 bits per heavy atom. The van der Waals surface area contributed by atoms with Crippen molar-refractivity contribution < 1.29 is 0 Å². The first-order valence-corrected chi connectivity index (χ1v) is 29.6. The molecule has 0 N–H and O–H groups in total. The van der Waals surface area contributed by atoms with E-state index in [0.29, 0.717) is 6.54 Å². The van der Waals surface area contributed by atoms with E-state index in [0.717, 1.165) is 34.1 Å². The summed E-state index contributed by atoms with van der Waals surface area (Å²) in [6.07, 6.45) is 0. The number of benzene rings is 14. The maximum atomic E-state index is 2.51. The zero-order valence-corrected chi connectivity index (χ0v) is 47.6. The van der Waals surface area contributed by atoms with Gasteiger partial charge in [-0.3, -0.25) is 0 Å². The highest BCUT2D eigenvalue weighted by Gasteiger charge is 2.21. The van der Waals surface area contributed by atoms with Gasteiger partial charge in [-0.05, 0) is 181 Å². The molecule has 86 heavy (non-hydrogen) atoms. The Bertz CT molecular complexity index is 5200. The van der Waals surface area contributed by atoms with Crippen molar-refractivity contribution >= 4 is 93.6 Å². The predicted molar refractivity (Wildman–Crippen MR) is 365 cm³/mol. The highest BCUT2D eigenvalue weighted by molar-refractivity contribution is 6.21. The van der Waals surface area contributed by atoms with Crippen molar-refractivity contribution in [3.63, 3.8) is 0 Å². The van der Waals surface area contributed by atoms with Gasteiger partial charge in [0.25, 0.3) is 0 Å². The second-order valence-electron chi connectivity index (χ2n) is 22.6. The highest BCUT2D eigenvalue weighted by atomic mass is 15.1. The van der Waals surface area contributed by atoms with Crippen molar-refractivity contribution in [2.45, 2.75) is 6.54 Å². The number of nitrogens with zero attached hydrogens (tertiary/aromatic N) is 4. The third kappa shape index (κ3) is 9.04. The minimum atomic E-state index is 0.716. The van der Waals surface area contributed by atoms with Gasteiger partial charge in [0.2, 0.25) is 0 Å². The molecule has 16 aromatic rings. The lowest BCUT2D eigenvalue weighted by Crippen LogP contribution is -2.10. The fraction of sp³-hybridized carbons (Fsp3) is 0.0244. The third-order valence-corrected chi connectivity index (χ3v) is 17.5. The SMILES string of the molecule is CN(c1ccc(-c2ccc(-c3ccc4c(c3)c3cc5ccccc5cc3n4-c3cccc(-c4ccccc4)c3)cc2)cc1)c1cccc(Cn2c3ccc(N(c4ccccc4)c4cccc(-c5ccccc5)c4)cc3c3c4ccccc4ccc32)c1. The van der Waals surface area contributed by atoms with Gasteiger partial charge in [0.1, 0.15) is 0 Å². The number of hydrogen-bond donors (Lipinski definition) is 0. The lowest BCUT2D eigenvalue weighted by atomic mass is 9.98. The monoisotopic (exact) mass is 1100 g/mol. The van der Waals surface area contributed by atoms with Crippen molar-refractivity contribution in [3.8, 4) is 50.2 Å². The average molecular weight is 1100 g/mol. The molecule has 0 unspecified atom stereocenters. The van der Waals surface area contributed by atoms with Crippen molar-refractivity contribution in [1.82, 2.24) is 9.13 Å². The second kappa shape index (κ2) is 21.2. The molecule has 0 fully saturated rings. The molecule has 0 amide bonds. The topological polar surface area (TPSA) is 16.3 Å². The molecule has 0 saturated carbocycles. The Kier molecular flexibility index (Phi) is 12.5. The van der Waals surface area contributed by atoms with E-state index in [1.807, 2.05) is 0 Å². The quantitative estimate of drug-likeness (QED) is 0.121. The Labute approximate surface area is 500 Å². The van der Waals surface area contributed by atoms with Gasteiger partial charge in [-0.15, -0.1) is 0 Å². The fourth-order valence-corrected chi connectivity index (χ4v) is 13.2. The van der Waals surface area contributed by atoms with Crippen LogP contribution in [-0.2, 0) is 6.54 Å². The lowest BCUT2D eigenvalue weighted by molar-refractivity contribution is 0.868. The summed E-state index contributed by atoms with van der Waals surface area (Å²) in [6.45, 7) is 0.716. The lowest BCUT2D eigenvalue weighted by Gasteiger charge is -2.26. The molecule has 2 heterocycles. The Morgan fingerprint density at radius 1 is 0.267 bits per heavy atom. The molecular weight excluding hydrogens is 1040 g/mol. The highest BCUT2D eigenvalue weighted by Crippen LogP contribution is 2.43. The van der Waals surface area contributed by atoms with Gasteiger partial charge in [0.15, 0.2) is 0 Å². The van der Waals surface area contributed by atoms with Gasteiger partial charge < -0.3 is 18.9 Å². The van der Waals surface area contributed by atoms with E-state index in [9.17, 15) is 0 Å². The number of para-hydroxylation sites is 1. The van der Waals surface area contributed by atoms with Gasteiger partial charge in [-0.2, -0.15) is 0 Å². The summed E-state index contributed by atoms with van der Waals surface area (Å²) in [5.41, 5.74) is 22.3. The average Bonchev–Trinajstić information content (AvgIpc) is 3.26. The molecule has 2 aromatic heterocycles. The van der Waals surface area contributed by atoms with Gasteiger partial charge >= 0.3 is 0 Å². The number of hydrogen-bond acceptors (Lipinski definition) is 2. The summed E-state index contributed by atoms with van der Waals surface area (Å²) >= 11 is 0. The van der Waals surface area contributed by atoms with E-state index in [4.69, 9.17) is 0 Å². The number of fused-ring (bicyclic) bond motifs is 9. The van der Waals surface area contributed by atoms with Crippen LogP contribution in [0.15, 0.2) is 322 Å². The van der Waals surface area contributed by atoms with Gasteiger partial charge in [-0.1, -0.05) is 212 Å². The molecular formula is C82H58N4. The van der Waals surface area contributed by atoms with Crippen LogP contribution >= 0.6 is 0 Å². The molecule has 4 heteroatoms. The first kappa shape index (κ1) is 50.5. The molecule has 0 aliphatic carbocycles. The van der Waals surface area contributed by atoms with Crippen LogP contribution in [0.2, 0.25) is 0 Å². The van der Waals surface area contributed by atoms with E-state index in [2.05, 4.69) is 347 Å². The smallest absolute Gasteiger partial charge is 0.0547 e. The largest absolute Gasteiger partial charge is 0.345 e. The summed E-state index contributed by atoms with van der Waals surface area (Å²) in [6, 6.07) is 118. The van der Waals surface area contributed by atoms with Crippen molar-refractivity contribution in [2.24, 2.45) is 0 Å². The van der Waals surface area contributed by atoms with Crippen LogP contribution < -0.4 is 9.80 Å². The molecule has 406 valence electrons. The summed E-state index contributed by atoms with van der Waals surface area (Å²) in [4.78, 5) is 4.68. The van der Waals surface area contributed by atoms with Crippen LogP contribution in [0, 0.1) is 0 Å². The summed E-state index contributed by atoms with van der Waals surface area (Å²) in [5, 5.41) is 9.95. The zero-order valence-electron chi connectivity index (χ0n) is 47.6. The van der Waals surface area contributed by atoms with Crippen LogP contribution in [-0.4, -0.2) is 16.2 Å². The Balaban J connectivity index is 0.686. The summed E-state index contributed by atoms with van der Waals surface area (Å²) in [5.74, 6) is 0. The molecule has 16 rings (SSSR count). The van der Waals surface area contributed by atoms with E-state index in [1.165, 1.54) is 115 Å². The van der Waals surface area contributed by atoms with Crippen LogP contribution in [0.4, 0.5) is 28.4 Å². The third-order valence-electron chi connectivity index (χ3n) is 17.5. The van der Waals surface area contributed by atoms with Crippen LogP contribution in [0.25, 0.3) is 115 Å². The first-order valence-electron chi connectivity index (χ1n) is 29.6. The van der Waals surface area contributed by atoms with E-state index in [1.54, 1.807) is 0 Å². The van der Waals surface area contributed by atoms with Crippen molar-refractivity contribution in [3.05, 3.63) is 327 Å². The van der Waals surface area contributed by atoms with Crippen LogP contribution in [0.5, 0.6) is 0 Å². The molecule has 0 aliphatic rings. The molecule has 0 aliphatic heterocycles. The molecule has 4 nitrogen and oxygen atoms in total. The summed E-state index contributed by atoms with van der Waals surface area (Å²) in [7, 11) is 2.17. The predicted octanol–water partition coefficient (Wildman–Crippen LogP) is 22.2. The Hall–Kier alpha value is -11.2.